The summed E-state index contributed by atoms with van der Waals surface area (Å²) in [6.07, 6.45) is 2.56. The van der Waals surface area contributed by atoms with E-state index in [1.165, 1.54) is 39.9 Å². The van der Waals surface area contributed by atoms with Crippen LogP contribution in [0.3, 0.4) is 0 Å². The fraction of sp³-hybridized carbons (Fsp3) is 0.320. The van der Waals surface area contributed by atoms with Crippen LogP contribution in [0.15, 0.2) is 52.7 Å². The second-order valence-corrected chi connectivity index (χ2v) is 11.4. The van der Waals surface area contributed by atoms with Gasteiger partial charge in [-0.3, -0.25) is 14.9 Å². The van der Waals surface area contributed by atoms with E-state index in [1.807, 2.05) is 30.5 Å². The van der Waals surface area contributed by atoms with E-state index >= 15 is 0 Å². The van der Waals surface area contributed by atoms with Gasteiger partial charge in [0.25, 0.3) is 11.8 Å². The molecule has 2 aromatic carbocycles. The molecular formula is C25H26N4O5S2. The largest absolute Gasteiger partial charge is 0.482 e. The van der Waals surface area contributed by atoms with Gasteiger partial charge >= 0.3 is 0 Å². The van der Waals surface area contributed by atoms with E-state index in [4.69, 9.17) is 4.74 Å². The number of fused-ring (bicyclic) bond motifs is 1. The van der Waals surface area contributed by atoms with Crippen LogP contribution in [0.5, 0.6) is 5.75 Å². The van der Waals surface area contributed by atoms with E-state index in [0.29, 0.717) is 47.5 Å². The van der Waals surface area contributed by atoms with Gasteiger partial charge in [0.05, 0.1) is 16.3 Å². The smallest absolute Gasteiger partial charge is 0.265 e. The van der Waals surface area contributed by atoms with E-state index in [9.17, 15) is 18.0 Å². The summed E-state index contributed by atoms with van der Waals surface area (Å²) in [5.74, 6) is 0.206. The Labute approximate surface area is 213 Å². The molecule has 0 unspecified atom stereocenters. The molecule has 2 amide bonds. The van der Waals surface area contributed by atoms with Crippen LogP contribution in [0.25, 0.3) is 11.3 Å². The first-order chi connectivity index (χ1) is 17.4. The summed E-state index contributed by atoms with van der Waals surface area (Å²) < 4.78 is 32.4. The standard InChI is InChI=1S/C25H26N4O5S2/c1-2-11-29-21-14-18(7-10-22(21)34-15-23(29)30)20-16-35-25(26-20)27-24(31)17-5-8-19(9-6-17)36(32,33)28-12-3-4-13-28/h5-10,14,16H,2-4,11-13,15H2,1H3,(H,26,27,31). The summed E-state index contributed by atoms with van der Waals surface area (Å²) in [5.41, 5.74) is 2.53. The van der Waals surface area contributed by atoms with Crippen LogP contribution in [-0.2, 0) is 14.8 Å². The lowest BCUT2D eigenvalue weighted by Crippen LogP contribution is -2.39. The molecule has 2 aliphatic rings. The van der Waals surface area contributed by atoms with Gasteiger partial charge in [-0.2, -0.15) is 4.31 Å². The van der Waals surface area contributed by atoms with Crippen molar-refractivity contribution >= 4 is 44.0 Å². The number of amides is 2. The minimum Gasteiger partial charge on any atom is -0.482 e. The average molecular weight is 527 g/mol. The number of ether oxygens (including phenoxy) is 1. The first kappa shape index (κ1) is 24.4. The lowest BCUT2D eigenvalue weighted by molar-refractivity contribution is -0.121. The summed E-state index contributed by atoms with van der Waals surface area (Å²) in [6, 6.07) is 11.5. The molecule has 1 saturated heterocycles. The van der Waals surface area contributed by atoms with Crippen molar-refractivity contribution in [2.45, 2.75) is 31.1 Å². The number of anilines is 2. The van der Waals surface area contributed by atoms with Crippen LogP contribution in [0.1, 0.15) is 36.5 Å². The molecule has 0 aliphatic carbocycles. The average Bonchev–Trinajstić information content (AvgIpc) is 3.59. The fourth-order valence-electron chi connectivity index (χ4n) is 4.32. The van der Waals surface area contributed by atoms with E-state index in [-0.39, 0.29) is 23.3 Å². The molecule has 2 aliphatic heterocycles. The molecule has 0 atom stereocenters. The molecule has 0 bridgehead atoms. The highest BCUT2D eigenvalue weighted by Gasteiger charge is 2.28. The molecule has 0 saturated carbocycles. The SMILES string of the molecule is CCCN1C(=O)COc2ccc(-c3csc(NC(=O)c4ccc(S(=O)(=O)N5CCCC5)cc4)n3)cc21. The highest BCUT2D eigenvalue weighted by Crippen LogP contribution is 2.37. The number of nitrogens with zero attached hydrogens (tertiary/aromatic N) is 3. The number of thiazole rings is 1. The Hall–Kier alpha value is -3.28. The number of rotatable bonds is 7. The zero-order chi connectivity index (χ0) is 25.3. The van der Waals surface area contributed by atoms with Crippen LogP contribution in [0.2, 0.25) is 0 Å². The molecule has 1 aromatic heterocycles. The predicted octanol–water partition coefficient (Wildman–Crippen LogP) is 3.98. The van der Waals surface area contributed by atoms with Gasteiger partial charge in [-0.1, -0.05) is 6.92 Å². The van der Waals surface area contributed by atoms with Crippen molar-refractivity contribution in [2.24, 2.45) is 0 Å². The number of sulfonamides is 1. The normalized spacial score (nSPS) is 16.0. The number of hydrogen-bond acceptors (Lipinski definition) is 7. The Balaban J connectivity index is 1.30. The number of hydrogen-bond donors (Lipinski definition) is 1. The van der Waals surface area contributed by atoms with Crippen molar-refractivity contribution in [3.05, 3.63) is 53.4 Å². The third-order valence-corrected chi connectivity index (χ3v) is 8.86. The van der Waals surface area contributed by atoms with Crippen molar-refractivity contribution in [2.75, 3.05) is 36.5 Å². The maximum atomic E-state index is 12.8. The van der Waals surface area contributed by atoms with Gasteiger partial charge in [0.15, 0.2) is 11.7 Å². The molecule has 0 radical (unpaired) electrons. The molecule has 5 rings (SSSR count). The van der Waals surface area contributed by atoms with Crippen molar-refractivity contribution in [1.29, 1.82) is 0 Å². The molecule has 36 heavy (non-hydrogen) atoms. The summed E-state index contributed by atoms with van der Waals surface area (Å²) >= 11 is 1.28. The van der Waals surface area contributed by atoms with Gasteiger partial charge in [0.2, 0.25) is 10.0 Å². The molecule has 1 N–H and O–H groups in total. The third-order valence-electron chi connectivity index (χ3n) is 6.19. The van der Waals surface area contributed by atoms with Gasteiger partial charge in [-0.25, -0.2) is 13.4 Å². The summed E-state index contributed by atoms with van der Waals surface area (Å²) in [7, 11) is -3.53. The van der Waals surface area contributed by atoms with Crippen LogP contribution >= 0.6 is 11.3 Å². The van der Waals surface area contributed by atoms with Gasteiger partial charge < -0.3 is 9.64 Å². The molecule has 9 nitrogen and oxygen atoms in total. The molecule has 3 heterocycles. The number of benzene rings is 2. The fourth-order valence-corrected chi connectivity index (χ4v) is 6.55. The lowest BCUT2D eigenvalue weighted by Gasteiger charge is -2.29. The highest BCUT2D eigenvalue weighted by molar-refractivity contribution is 7.89. The number of nitrogens with one attached hydrogen (secondary N) is 1. The summed E-state index contributed by atoms with van der Waals surface area (Å²) in [4.78, 5) is 31.5. The topological polar surface area (TPSA) is 109 Å². The first-order valence-corrected chi connectivity index (χ1v) is 14.1. The Bertz CT molecular complexity index is 1400. The molecule has 0 spiro atoms. The molecule has 3 aromatic rings. The highest BCUT2D eigenvalue weighted by atomic mass is 32.2. The van der Waals surface area contributed by atoms with Crippen molar-refractivity contribution in [3.8, 4) is 17.0 Å². The second-order valence-electron chi connectivity index (χ2n) is 8.64. The predicted molar refractivity (Wildman–Crippen MR) is 138 cm³/mol. The van der Waals surface area contributed by atoms with Crippen molar-refractivity contribution in [1.82, 2.24) is 9.29 Å². The van der Waals surface area contributed by atoms with Crippen LogP contribution in [-0.4, -0.2) is 55.8 Å². The minimum absolute atomic E-state index is 0.0321. The zero-order valence-corrected chi connectivity index (χ0v) is 21.4. The number of aromatic nitrogens is 1. The van der Waals surface area contributed by atoms with Gasteiger partial charge in [-0.15, -0.1) is 11.3 Å². The quantitative estimate of drug-likeness (QED) is 0.499. The second kappa shape index (κ2) is 10.00. The van der Waals surface area contributed by atoms with Gasteiger partial charge in [0.1, 0.15) is 5.75 Å². The lowest BCUT2D eigenvalue weighted by atomic mass is 10.1. The van der Waals surface area contributed by atoms with Gasteiger partial charge in [0, 0.05) is 36.1 Å². The Kier molecular flexibility index (Phi) is 6.78. The number of carbonyl (C=O) groups excluding carboxylic acids is 2. The third kappa shape index (κ3) is 4.73. The number of carbonyl (C=O) groups is 2. The Morgan fingerprint density at radius 2 is 1.89 bits per heavy atom. The maximum Gasteiger partial charge on any atom is 0.265 e. The molecule has 188 valence electrons. The Morgan fingerprint density at radius 3 is 2.61 bits per heavy atom. The summed E-state index contributed by atoms with van der Waals surface area (Å²) in [5, 5.41) is 5.03. The molecular weight excluding hydrogens is 500 g/mol. The Morgan fingerprint density at radius 1 is 1.14 bits per heavy atom. The summed E-state index contributed by atoms with van der Waals surface area (Å²) in [6.45, 7) is 3.71. The van der Waals surface area contributed by atoms with E-state index in [0.717, 1.165) is 24.8 Å². The van der Waals surface area contributed by atoms with Crippen molar-refractivity contribution in [3.63, 3.8) is 0 Å². The minimum atomic E-state index is -3.53. The van der Waals surface area contributed by atoms with E-state index in [2.05, 4.69) is 10.3 Å². The first-order valence-electron chi connectivity index (χ1n) is 11.8. The maximum absolute atomic E-state index is 12.8. The van der Waals surface area contributed by atoms with Crippen LogP contribution < -0.4 is 15.0 Å². The van der Waals surface area contributed by atoms with Crippen LogP contribution in [0, 0.1) is 0 Å². The molecule has 1 fully saturated rings. The van der Waals surface area contributed by atoms with Crippen molar-refractivity contribution < 1.29 is 22.7 Å². The monoisotopic (exact) mass is 526 g/mol. The zero-order valence-electron chi connectivity index (χ0n) is 19.8. The molecule has 11 heteroatoms. The van der Waals surface area contributed by atoms with E-state index in [1.54, 1.807) is 4.90 Å². The van der Waals surface area contributed by atoms with E-state index < -0.39 is 10.0 Å². The van der Waals surface area contributed by atoms with Gasteiger partial charge in [-0.05, 0) is 61.7 Å². The van der Waals surface area contributed by atoms with Crippen LogP contribution in [0.4, 0.5) is 10.8 Å².